The van der Waals surface area contributed by atoms with Crippen LogP contribution in [0.1, 0.15) is 0 Å². The van der Waals surface area contributed by atoms with E-state index >= 15 is 0 Å². The highest BCUT2D eigenvalue weighted by atomic mass is 32.1. The Balaban J connectivity index is 1.38. The topological polar surface area (TPSA) is 8.17 Å². The van der Waals surface area contributed by atoms with Crippen molar-refractivity contribution in [3.05, 3.63) is 139 Å². The van der Waals surface area contributed by atoms with Crippen molar-refractivity contribution in [3.8, 4) is 11.1 Å². The molecule has 0 saturated heterocycles. The summed E-state index contributed by atoms with van der Waals surface area (Å²) >= 11 is 1.84. The standard InChI is InChI=1S/C40H23BN2S/c1-2-10-26-22-27(18-16-24(26)8-1)42-35-19-17-25-9-3-4-11-28(25)37(35)41-38-33(23-36-32(40(38)42)20-21-44-36)31-14-7-13-30-29-12-5-6-15-34(29)43(41)39(30)31/h1-23H. The summed E-state index contributed by atoms with van der Waals surface area (Å²) in [6.45, 7) is 0.0411. The normalized spacial score (nSPS) is 13.4. The molecule has 0 radical (unpaired) electrons. The summed E-state index contributed by atoms with van der Waals surface area (Å²) < 4.78 is 3.99. The summed E-state index contributed by atoms with van der Waals surface area (Å²) in [7, 11) is 0. The molecule has 0 amide bonds. The van der Waals surface area contributed by atoms with Gasteiger partial charge in [-0.15, -0.1) is 11.3 Å². The molecule has 0 bridgehead atoms. The van der Waals surface area contributed by atoms with Crippen LogP contribution in [0.4, 0.5) is 17.1 Å². The van der Waals surface area contributed by atoms with Gasteiger partial charge in [-0.05, 0) is 79.8 Å². The van der Waals surface area contributed by atoms with E-state index in [0.29, 0.717) is 0 Å². The molecule has 4 heteroatoms. The molecule has 44 heavy (non-hydrogen) atoms. The fourth-order valence-corrected chi connectivity index (χ4v) is 9.09. The van der Waals surface area contributed by atoms with Crippen LogP contribution in [0.15, 0.2) is 139 Å². The van der Waals surface area contributed by atoms with Crippen LogP contribution in [-0.4, -0.2) is 11.3 Å². The fourth-order valence-electron chi connectivity index (χ4n) is 8.26. The van der Waals surface area contributed by atoms with E-state index in [4.69, 9.17) is 0 Å². The number of fused-ring (bicyclic) bond motifs is 12. The van der Waals surface area contributed by atoms with E-state index in [1.807, 2.05) is 11.3 Å². The summed E-state index contributed by atoms with van der Waals surface area (Å²) in [5.41, 5.74) is 11.8. The largest absolute Gasteiger partial charge is 0.375 e. The molecule has 7 aromatic carbocycles. The molecule has 4 heterocycles. The zero-order valence-electron chi connectivity index (χ0n) is 23.7. The van der Waals surface area contributed by atoms with Gasteiger partial charge >= 0.3 is 6.85 Å². The van der Waals surface area contributed by atoms with Gasteiger partial charge in [0.25, 0.3) is 0 Å². The molecule has 0 spiro atoms. The molecular formula is C40H23BN2S. The first-order chi connectivity index (χ1) is 21.8. The number of hydrogen-bond donors (Lipinski definition) is 0. The summed E-state index contributed by atoms with van der Waals surface area (Å²) in [5.74, 6) is 0. The number of para-hydroxylation sites is 2. The Morgan fingerprint density at radius 2 is 1.30 bits per heavy atom. The van der Waals surface area contributed by atoms with E-state index in [0.717, 1.165) is 0 Å². The first-order valence-electron chi connectivity index (χ1n) is 15.2. The number of nitrogens with zero attached hydrogens (tertiary/aromatic N) is 2. The van der Waals surface area contributed by atoms with Crippen molar-refractivity contribution in [1.82, 2.24) is 4.48 Å². The Kier molecular flexibility index (Phi) is 4.32. The second-order valence-corrected chi connectivity index (χ2v) is 13.0. The van der Waals surface area contributed by atoms with Crippen LogP contribution in [-0.2, 0) is 0 Å². The summed E-state index contributed by atoms with van der Waals surface area (Å²) in [6.07, 6.45) is 0. The Bertz CT molecular complexity index is 2700. The second kappa shape index (κ2) is 8.19. The van der Waals surface area contributed by atoms with Crippen LogP contribution in [0.3, 0.4) is 0 Å². The van der Waals surface area contributed by atoms with Gasteiger partial charge in [-0.1, -0.05) is 97.1 Å². The van der Waals surface area contributed by atoms with E-state index in [1.165, 1.54) is 92.6 Å². The van der Waals surface area contributed by atoms with E-state index in [2.05, 4.69) is 148 Å². The quantitative estimate of drug-likeness (QED) is 0.177. The third-order valence-corrected chi connectivity index (χ3v) is 10.9. The van der Waals surface area contributed by atoms with Crippen LogP contribution in [0.5, 0.6) is 0 Å². The van der Waals surface area contributed by atoms with E-state index < -0.39 is 0 Å². The summed E-state index contributed by atoms with van der Waals surface area (Å²) in [4.78, 5) is 2.56. The number of thiophene rings is 1. The zero-order chi connectivity index (χ0) is 28.5. The van der Waals surface area contributed by atoms with Gasteiger partial charge in [0.15, 0.2) is 0 Å². The lowest BCUT2D eigenvalue weighted by Crippen LogP contribution is -2.57. The number of benzene rings is 7. The molecule has 202 valence electrons. The highest BCUT2D eigenvalue weighted by Gasteiger charge is 2.44. The molecule has 11 rings (SSSR count). The predicted octanol–water partition coefficient (Wildman–Crippen LogP) is 9.73. The molecule has 0 aliphatic carbocycles. The highest BCUT2D eigenvalue weighted by molar-refractivity contribution is 7.17. The van der Waals surface area contributed by atoms with Gasteiger partial charge in [0.2, 0.25) is 0 Å². The van der Waals surface area contributed by atoms with Crippen molar-refractivity contribution < 1.29 is 0 Å². The predicted molar refractivity (Wildman–Crippen MR) is 190 cm³/mol. The Morgan fingerprint density at radius 1 is 0.523 bits per heavy atom. The van der Waals surface area contributed by atoms with Crippen molar-refractivity contribution in [2.45, 2.75) is 0 Å². The Hall–Kier alpha value is -5.32. The minimum atomic E-state index is 0.0411. The molecule has 2 aliphatic rings. The summed E-state index contributed by atoms with van der Waals surface area (Å²) in [5, 5.41) is 11.3. The zero-order valence-corrected chi connectivity index (χ0v) is 24.5. The molecule has 9 aromatic rings. The lowest BCUT2D eigenvalue weighted by Gasteiger charge is -2.41. The number of hydrogen-bond acceptors (Lipinski definition) is 2. The van der Waals surface area contributed by atoms with Gasteiger partial charge in [-0.3, -0.25) is 0 Å². The average Bonchev–Trinajstić information content (AvgIpc) is 3.69. The van der Waals surface area contributed by atoms with Crippen molar-refractivity contribution in [3.63, 3.8) is 0 Å². The molecule has 0 fully saturated rings. The van der Waals surface area contributed by atoms with E-state index in [1.54, 1.807) is 0 Å². The Morgan fingerprint density at radius 3 is 2.23 bits per heavy atom. The minimum absolute atomic E-state index is 0.0411. The van der Waals surface area contributed by atoms with Crippen LogP contribution in [0.25, 0.3) is 64.6 Å². The number of rotatable bonds is 1. The molecule has 2 nitrogen and oxygen atoms in total. The first-order valence-corrected chi connectivity index (χ1v) is 16.1. The molecule has 0 saturated carbocycles. The van der Waals surface area contributed by atoms with Crippen molar-refractivity contribution in [1.29, 1.82) is 0 Å². The van der Waals surface area contributed by atoms with Crippen LogP contribution in [0.2, 0.25) is 0 Å². The van der Waals surface area contributed by atoms with Crippen LogP contribution >= 0.6 is 11.3 Å². The van der Waals surface area contributed by atoms with Gasteiger partial charge in [0.1, 0.15) is 0 Å². The minimum Gasteiger partial charge on any atom is -0.375 e. The molecule has 0 N–H and O–H groups in total. The maximum absolute atomic E-state index is 2.66. The lowest BCUT2D eigenvalue weighted by atomic mass is 9.44. The van der Waals surface area contributed by atoms with Gasteiger partial charge < -0.3 is 9.38 Å². The number of aromatic nitrogens is 1. The van der Waals surface area contributed by atoms with Gasteiger partial charge in [-0.25, -0.2) is 0 Å². The molecular weight excluding hydrogens is 551 g/mol. The maximum atomic E-state index is 2.66. The van der Waals surface area contributed by atoms with Gasteiger partial charge in [0, 0.05) is 48.8 Å². The fraction of sp³-hybridized carbons (Fsp3) is 0. The summed E-state index contributed by atoms with van der Waals surface area (Å²) in [6, 6.07) is 49.9. The third kappa shape index (κ3) is 2.78. The first kappa shape index (κ1) is 23.2. The van der Waals surface area contributed by atoms with Crippen LogP contribution in [0, 0.1) is 0 Å². The smallest absolute Gasteiger partial charge is 0.333 e. The lowest BCUT2D eigenvalue weighted by molar-refractivity contribution is 1.27. The molecule has 0 atom stereocenters. The number of anilines is 3. The average molecular weight is 575 g/mol. The third-order valence-electron chi connectivity index (χ3n) is 10.0. The van der Waals surface area contributed by atoms with E-state index in [-0.39, 0.29) is 6.85 Å². The monoisotopic (exact) mass is 574 g/mol. The van der Waals surface area contributed by atoms with Gasteiger partial charge in [-0.2, -0.15) is 0 Å². The molecule has 2 aromatic heterocycles. The van der Waals surface area contributed by atoms with Crippen molar-refractivity contribution in [2.24, 2.45) is 0 Å². The highest BCUT2D eigenvalue weighted by Crippen LogP contribution is 2.49. The molecule has 2 aliphatic heterocycles. The maximum Gasteiger partial charge on any atom is 0.333 e. The van der Waals surface area contributed by atoms with E-state index in [9.17, 15) is 0 Å². The molecule has 0 unspecified atom stereocenters. The van der Waals surface area contributed by atoms with Crippen molar-refractivity contribution in [2.75, 3.05) is 4.90 Å². The van der Waals surface area contributed by atoms with Crippen molar-refractivity contribution >= 4 is 99.6 Å². The van der Waals surface area contributed by atoms with Crippen LogP contribution < -0.4 is 15.8 Å². The SMILES string of the molecule is c1ccc2cc(N3c4ccc5ccccc5c4B4c5c(cc6sccc6c53)-c3cccc5c6ccccc6n4c35)ccc2c1. The van der Waals surface area contributed by atoms with Gasteiger partial charge in [0.05, 0.1) is 5.69 Å². The Labute approximate surface area is 258 Å². The second-order valence-electron chi connectivity index (χ2n) is 12.1.